The minimum atomic E-state index is -0.836. The molecule has 32 heavy (non-hydrogen) atoms. The maximum Gasteiger partial charge on any atom is 0.263 e. The zero-order valence-electron chi connectivity index (χ0n) is 18.1. The van der Waals surface area contributed by atoms with E-state index in [1.807, 2.05) is 50.2 Å². The molecule has 2 aliphatic rings. The number of rotatable bonds is 5. The van der Waals surface area contributed by atoms with Crippen LogP contribution in [0.5, 0.6) is 0 Å². The van der Waals surface area contributed by atoms with Gasteiger partial charge in [-0.15, -0.1) is 0 Å². The fraction of sp³-hybridized carbons (Fsp3) is 0.292. The normalized spacial score (nSPS) is 19.8. The average molecular weight is 429 g/mol. The van der Waals surface area contributed by atoms with E-state index in [9.17, 15) is 9.59 Å². The summed E-state index contributed by atoms with van der Waals surface area (Å²) in [7, 11) is 0. The van der Waals surface area contributed by atoms with E-state index >= 15 is 0 Å². The van der Waals surface area contributed by atoms with Crippen molar-refractivity contribution in [2.24, 2.45) is 10.3 Å². The van der Waals surface area contributed by atoms with Gasteiger partial charge in [-0.1, -0.05) is 42.0 Å². The number of aromatic nitrogens is 1. The molecule has 2 atom stereocenters. The maximum absolute atomic E-state index is 13.2. The number of oxazole rings is 1. The largest absolute Gasteiger partial charge is 0.441 e. The molecule has 0 spiro atoms. The van der Waals surface area contributed by atoms with Crippen molar-refractivity contribution in [1.29, 1.82) is 0 Å². The van der Waals surface area contributed by atoms with E-state index in [0.717, 1.165) is 23.1 Å². The van der Waals surface area contributed by atoms with E-state index in [4.69, 9.17) is 4.42 Å². The topological polar surface area (TPSA) is 91.4 Å². The van der Waals surface area contributed by atoms with Gasteiger partial charge in [-0.05, 0) is 50.1 Å². The average Bonchev–Trinajstić information content (AvgIpc) is 3.45. The van der Waals surface area contributed by atoms with E-state index in [0.29, 0.717) is 23.0 Å². The third-order valence-corrected chi connectivity index (χ3v) is 5.96. The summed E-state index contributed by atoms with van der Waals surface area (Å²) in [6.45, 7) is 6.13. The van der Waals surface area contributed by atoms with Gasteiger partial charge in [-0.2, -0.15) is 5.11 Å². The Morgan fingerprint density at radius 1 is 0.969 bits per heavy atom. The smallest absolute Gasteiger partial charge is 0.263 e. The van der Waals surface area contributed by atoms with E-state index < -0.39 is 12.1 Å². The number of amides is 2. The first-order chi connectivity index (χ1) is 15.5. The van der Waals surface area contributed by atoms with Crippen molar-refractivity contribution in [1.82, 2.24) is 9.99 Å². The Hall–Kier alpha value is -3.81. The molecular weight excluding hydrogens is 406 g/mol. The Labute approximate surface area is 185 Å². The zero-order valence-corrected chi connectivity index (χ0v) is 18.1. The molecule has 2 amide bonds. The molecule has 0 unspecified atom stereocenters. The van der Waals surface area contributed by atoms with Crippen LogP contribution in [0.15, 0.2) is 63.3 Å². The van der Waals surface area contributed by atoms with Crippen LogP contribution < -0.4 is 4.90 Å². The lowest BCUT2D eigenvalue weighted by Crippen LogP contribution is -2.39. The molecule has 0 N–H and O–H groups in total. The predicted molar refractivity (Wildman–Crippen MR) is 118 cm³/mol. The highest BCUT2D eigenvalue weighted by atomic mass is 16.4. The Kier molecular flexibility index (Phi) is 4.84. The SMILES string of the molecule is CCc1ccc(N2C(=O)[C@H]3N=NN(Cc4nc(-c5ccc(C)cc5)oc4C)[C@H]3C2=O)cc1. The molecular formula is C24H23N5O3. The Bertz CT molecular complexity index is 1210. The molecule has 0 bridgehead atoms. The number of fused-ring (bicyclic) bond motifs is 1. The third kappa shape index (κ3) is 3.28. The molecule has 5 rings (SSSR count). The van der Waals surface area contributed by atoms with Gasteiger partial charge in [0.2, 0.25) is 5.89 Å². The fourth-order valence-electron chi connectivity index (χ4n) is 4.04. The van der Waals surface area contributed by atoms with Gasteiger partial charge in [0.25, 0.3) is 11.8 Å². The number of aryl methyl sites for hydroxylation is 3. The number of carbonyl (C=O) groups excluding carboxylic acids is 2. The van der Waals surface area contributed by atoms with Crippen molar-refractivity contribution < 1.29 is 14.0 Å². The Balaban J connectivity index is 1.38. The summed E-state index contributed by atoms with van der Waals surface area (Å²) >= 11 is 0. The van der Waals surface area contributed by atoms with Crippen LogP contribution in [0.4, 0.5) is 5.69 Å². The van der Waals surface area contributed by atoms with Gasteiger partial charge in [-0.25, -0.2) is 9.88 Å². The molecule has 8 nitrogen and oxygen atoms in total. The molecule has 0 aliphatic carbocycles. The van der Waals surface area contributed by atoms with E-state index in [1.54, 1.807) is 12.1 Å². The van der Waals surface area contributed by atoms with Crippen LogP contribution in [0.25, 0.3) is 11.5 Å². The molecule has 2 aromatic carbocycles. The van der Waals surface area contributed by atoms with Gasteiger partial charge in [0.15, 0.2) is 12.1 Å². The van der Waals surface area contributed by atoms with Crippen LogP contribution in [0.2, 0.25) is 0 Å². The molecule has 3 heterocycles. The van der Waals surface area contributed by atoms with Gasteiger partial charge >= 0.3 is 0 Å². The number of benzene rings is 2. The highest BCUT2D eigenvalue weighted by molar-refractivity contribution is 6.25. The highest BCUT2D eigenvalue weighted by Gasteiger charge is 2.54. The van der Waals surface area contributed by atoms with Crippen molar-refractivity contribution in [3.05, 3.63) is 71.1 Å². The van der Waals surface area contributed by atoms with Gasteiger partial charge in [0.1, 0.15) is 11.5 Å². The van der Waals surface area contributed by atoms with Gasteiger partial charge < -0.3 is 4.42 Å². The molecule has 0 saturated carbocycles. The minimum absolute atomic E-state index is 0.230. The number of hydrogen-bond acceptors (Lipinski definition) is 7. The number of anilines is 1. The lowest BCUT2D eigenvalue weighted by Gasteiger charge is -2.20. The Morgan fingerprint density at radius 2 is 1.69 bits per heavy atom. The molecule has 1 saturated heterocycles. The van der Waals surface area contributed by atoms with Crippen molar-refractivity contribution in [2.45, 2.75) is 45.8 Å². The Morgan fingerprint density at radius 3 is 2.38 bits per heavy atom. The van der Waals surface area contributed by atoms with E-state index in [2.05, 4.69) is 22.2 Å². The third-order valence-electron chi connectivity index (χ3n) is 5.96. The van der Waals surface area contributed by atoms with E-state index in [-0.39, 0.29) is 18.4 Å². The molecule has 1 fully saturated rings. The number of nitrogens with zero attached hydrogens (tertiary/aromatic N) is 5. The molecule has 8 heteroatoms. The van der Waals surface area contributed by atoms with Gasteiger partial charge in [-0.3, -0.25) is 14.6 Å². The van der Waals surface area contributed by atoms with Crippen molar-refractivity contribution in [2.75, 3.05) is 4.90 Å². The molecule has 3 aromatic rings. The van der Waals surface area contributed by atoms with Crippen molar-refractivity contribution in [3.63, 3.8) is 0 Å². The van der Waals surface area contributed by atoms with Crippen molar-refractivity contribution in [3.8, 4) is 11.5 Å². The number of imide groups is 1. The maximum atomic E-state index is 13.2. The quantitative estimate of drug-likeness (QED) is 0.572. The second-order valence-corrected chi connectivity index (χ2v) is 8.11. The number of hydrogen-bond donors (Lipinski definition) is 0. The summed E-state index contributed by atoms with van der Waals surface area (Å²) in [4.78, 5) is 31.9. The van der Waals surface area contributed by atoms with Crippen LogP contribution in [0.1, 0.15) is 29.5 Å². The summed E-state index contributed by atoms with van der Waals surface area (Å²) in [5.41, 5.74) is 4.38. The predicted octanol–water partition coefficient (Wildman–Crippen LogP) is 4.01. The molecule has 0 radical (unpaired) electrons. The summed E-state index contributed by atoms with van der Waals surface area (Å²) in [5, 5.41) is 9.75. The second kappa shape index (κ2) is 7.71. The lowest BCUT2D eigenvalue weighted by molar-refractivity contribution is -0.123. The standard InChI is InChI=1S/C24H23N5O3/c1-4-16-7-11-18(12-8-16)29-23(30)20-21(24(29)31)28(27-26-20)13-19-15(3)32-22(25-19)17-9-5-14(2)6-10-17/h5-12,20-21H,4,13H2,1-3H3/t20-,21+/m0/s1. The van der Waals surface area contributed by atoms with Crippen LogP contribution in [0, 0.1) is 13.8 Å². The van der Waals surface area contributed by atoms with Gasteiger partial charge in [0.05, 0.1) is 12.2 Å². The summed E-state index contributed by atoms with van der Waals surface area (Å²) < 4.78 is 5.85. The van der Waals surface area contributed by atoms with E-state index in [1.165, 1.54) is 9.91 Å². The fourth-order valence-corrected chi connectivity index (χ4v) is 4.04. The highest BCUT2D eigenvalue weighted by Crippen LogP contribution is 2.33. The molecule has 162 valence electrons. The summed E-state index contributed by atoms with van der Waals surface area (Å²) in [6, 6.07) is 13.7. The first kappa shape index (κ1) is 20.1. The number of carbonyl (C=O) groups is 2. The first-order valence-corrected chi connectivity index (χ1v) is 10.6. The van der Waals surface area contributed by atoms with Crippen LogP contribution in [-0.4, -0.2) is 33.9 Å². The van der Waals surface area contributed by atoms with Crippen LogP contribution >= 0.6 is 0 Å². The van der Waals surface area contributed by atoms with Gasteiger partial charge in [0, 0.05) is 5.56 Å². The molecule has 1 aromatic heterocycles. The summed E-state index contributed by atoms with van der Waals surface area (Å²) in [6.07, 6.45) is 0.886. The van der Waals surface area contributed by atoms with Crippen molar-refractivity contribution >= 4 is 17.5 Å². The van der Waals surface area contributed by atoms with Crippen LogP contribution in [0.3, 0.4) is 0 Å². The zero-order chi connectivity index (χ0) is 22.4. The van der Waals surface area contributed by atoms with Crippen LogP contribution in [-0.2, 0) is 22.6 Å². The second-order valence-electron chi connectivity index (χ2n) is 8.11. The molecule has 2 aliphatic heterocycles. The first-order valence-electron chi connectivity index (χ1n) is 10.6. The minimum Gasteiger partial charge on any atom is -0.441 e. The monoisotopic (exact) mass is 429 g/mol. The lowest BCUT2D eigenvalue weighted by atomic mass is 10.1. The summed E-state index contributed by atoms with van der Waals surface area (Å²) in [5.74, 6) is 0.474.